The van der Waals surface area contributed by atoms with E-state index in [1.165, 1.54) is 0 Å². The first-order valence-corrected chi connectivity index (χ1v) is 7.33. The van der Waals surface area contributed by atoms with Crippen LogP contribution in [-0.4, -0.2) is 25.2 Å². The molecule has 2 rings (SSSR count). The molecule has 21 heavy (non-hydrogen) atoms. The molecule has 0 heterocycles. The summed E-state index contributed by atoms with van der Waals surface area (Å²) >= 11 is 0. The van der Waals surface area contributed by atoms with E-state index < -0.39 is 22.8 Å². The Kier molecular flexibility index (Phi) is 4.08. The van der Waals surface area contributed by atoms with Gasteiger partial charge in [0.2, 0.25) is 0 Å². The molecule has 0 bridgehead atoms. The lowest BCUT2D eigenvalue weighted by Gasteiger charge is -2.17. The Labute approximate surface area is 125 Å². The van der Waals surface area contributed by atoms with Gasteiger partial charge in [-0.25, -0.2) is 0 Å². The zero-order valence-electron chi connectivity index (χ0n) is 13.0. The number of hydrogen-bond acceptors (Lipinski definition) is 4. The van der Waals surface area contributed by atoms with Crippen molar-refractivity contribution in [1.29, 1.82) is 0 Å². The van der Waals surface area contributed by atoms with Crippen LogP contribution in [0.15, 0.2) is 30.3 Å². The molecule has 0 aromatic heterocycles. The molecule has 0 radical (unpaired) electrons. The van der Waals surface area contributed by atoms with Crippen molar-refractivity contribution in [1.82, 2.24) is 0 Å². The predicted molar refractivity (Wildman–Crippen MR) is 78.7 cm³/mol. The minimum atomic E-state index is -1.24. The van der Waals surface area contributed by atoms with Crippen molar-refractivity contribution < 1.29 is 19.1 Å². The molecular weight excluding hydrogens is 268 g/mol. The first-order valence-electron chi connectivity index (χ1n) is 7.33. The second-order valence-electron chi connectivity index (χ2n) is 5.81. The minimum Gasteiger partial charge on any atom is -0.465 e. The van der Waals surface area contributed by atoms with Crippen LogP contribution in [0.25, 0.3) is 0 Å². The summed E-state index contributed by atoms with van der Waals surface area (Å²) in [5, 5.41) is 0. The third kappa shape index (κ3) is 2.13. The van der Waals surface area contributed by atoms with Crippen LogP contribution in [0.3, 0.4) is 0 Å². The number of benzene rings is 1. The summed E-state index contributed by atoms with van der Waals surface area (Å²) in [4.78, 5) is 25.0. The molecule has 1 saturated carbocycles. The molecule has 1 aliphatic rings. The van der Waals surface area contributed by atoms with Crippen LogP contribution in [0, 0.1) is 10.8 Å². The lowest BCUT2D eigenvalue weighted by atomic mass is 9.95. The number of rotatable bonds is 5. The molecule has 0 saturated heterocycles. The van der Waals surface area contributed by atoms with E-state index in [2.05, 4.69) is 0 Å². The fourth-order valence-electron chi connectivity index (χ4n) is 3.41. The monoisotopic (exact) mass is 290 g/mol. The second kappa shape index (κ2) is 5.51. The fourth-order valence-corrected chi connectivity index (χ4v) is 3.41. The highest BCUT2D eigenvalue weighted by Crippen LogP contribution is 2.75. The lowest BCUT2D eigenvalue weighted by molar-refractivity contribution is -0.166. The first kappa shape index (κ1) is 15.5. The standard InChI is InChI=1S/C17H22O4/c1-5-20-14(18)17(15(19)21-6-2)13(16(17,3)4)12-10-8-7-9-11-12/h7-11,13H,5-6H2,1-4H3. The van der Waals surface area contributed by atoms with Crippen LogP contribution in [0.2, 0.25) is 0 Å². The van der Waals surface area contributed by atoms with Gasteiger partial charge in [0.1, 0.15) is 0 Å². The van der Waals surface area contributed by atoms with E-state index in [-0.39, 0.29) is 19.1 Å². The highest BCUT2D eigenvalue weighted by molar-refractivity contribution is 6.07. The third-order valence-electron chi connectivity index (χ3n) is 4.42. The van der Waals surface area contributed by atoms with Crippen molar-refractivity contribution >= 4 is 11.9 Å². The van der Waals surface area contributed by atoms with E-state index in [9.17, 15) is 9.59 Å². The fraction of sp³-hybridized carbons (Fsp3) is 0.529. The molecule has 1 aliphatic carbocycles. The van der Waals surface area contributed by atoms with E-state index in [1.54, 1.807) is 13.8 Å². The van der Waals surface area contributed by atoms with Gasteiger partial charge in [0.15, 0.2) is 5.41 Å². The summed E-state index contributed by atoms with van der Waals surface area (Å²) in [6.07, 6.45) is 0. The highest BCUT2D eigenvalue weighted by Gasteiger charge is 2.82. The maximum atomic E-state index is 12.5. The molecule has 114 valence electrons. The SMILES string of the molecule is CCOC(=O)C1(C(=O)OCC)C(c2ccccc2)C1(C)C. The van der Waals surface area contributed by atoms with Crippen molar-refractivity contribution in [2.45, 2.75) is 33.6 Å². The molecule has 4 nitrogen and oxygen atoms in total. The Bertz CT molecular complexity index is 515. The molecule has 0 spiro atoms. The van der Waals surface area contributed by atoms with Crippen LogP contribution in [-0.2, 0) is 19.1 Å². The minimum absolute atomic E-state index is 0.218. The van der Waals surface area contributed by atoms with E-state index in [1.807, 2.05) is 44.2 Å². The Hall–Kier alpha value is -1.84. The number of esters is 2. The molecule has 0 amide bonds. The average molecular weight is 290 g/mol. The van der Waals surface area contributed by atoms with Crippen LogP contribution < -0.4 is 0 Å². The van der Waals surface area contributed by atoms with Gasteiger partial charge in [0.25, 0.3) is 0 Å². The number of hydrogen-bond donors (Lipinski definition) is 0. The maximum Gasteiger partial charge on any atom is 0.324 e. The maximum absolute atomic E-state index is 12.5. The summed E-state index contributed by atoms with van der Waals surface area (Å²) in [6, 6.07) is 9.60. The summed E-state index contributed by atoms with van der Waals surface area (Å²) < 4.78 is 10.4. The largest absolute Gasteiger partial charge is 0.465 e. The normalized spacial score (nSPS) is 21.4. The van der Waals surface area contributed by atoms with E-state index in [0.717, 1.165) is 5.56 Å². The quantitative estimate of drug-likeness (QED) is 0.618. The first-order chi connectivity index (χ1) is 9.94. The molecular formula is C17H22O4. The molecule has 0 aliphatic heterocycles. The summed E-state index contributed by atoms with van der Waals surface area (Å²) in [5.41, 5.74) is -0.795. The summed E-state index contributed by atoms with van der Waals surface area (Å²) in [6.45, 7) is 7.81. The molecule has 4 heteroatoms. The number of carbonyl (C=O) groups excluding carboxylic acids is 2. The molecule has 1 fully saturated rings. The predicted octanol–water partition coefficient (Wildman–Crippen LogP) is 2.92. The van der Waals surface area contributed by atoms with E-state index >= 15 is 0 Å². The lowest BCUT2D eigenvalue weighted by Crippen LogP contribution is -2.34. The van der Waals surface area contributed by atoms with Gasteiger partial charge in [-0.2, -0.15) is 0 Å². The van der Waals surface area contributed by atoms with Crippen LogP contribution in [0.5, 0.6) is 0 Å². The highest BCUT2D eigenvalue weighted by atomic mass is 16.6. The molecule has 1 aromatic rings. The Morgan fingerprint density at radius 1 is 1.00 bits per heavy atom. The van der Waals surface area contributed by atoms with Crippen LogP contribution in [0.4, 0.5) is 0 Å². The van der Waals surface area contributed by atoms with Crippen LogP contribution in [0.1, 0.15) is 39.2 Å². The van der Waals surface area contributed by atoms with Gasteiger partial charge in [0.05, 0.1) is 13.2 Å². The van der Waals surface area contributed by atoms with Crippen molar-refractivity contribution in [3.8, 4) is 0 Å². The third-order valence-corrected chi connectivity index (χ3v) is 4.42. The van der Waals surface area contributed by atoms with Crippen molar-refractivity contribution in [3.05, 3.63) is 35.9 Å². The average Bonchev–Trinajstić information content (AvgIpc) is 2.98. The van der Waals surface area contributed by atoms with E-state index in [4.69, 9.17) is 9.47 Å². The van der Waals surface area contributed by atoms with Gasteiger partial charge in [-0.1, -0.05) is 44.2 Å². The smallest absolute Gasteiger partial charge is 0.324 e. The molecule has 1 aromatic carbocycles. The Balaban J connectivity index is 2.46. The Morgan fingerprint density at radius 3 is 1.90 bits per heavy atom. The summed E-state index contributed by atoms with van der Waals surface area (Å²) in [5.74, 6) is -1.19. The summed E-state index contributed by atoms with van der Waals surface area (Å²) in [7, 11) is 0. The molecule has 1 atom stereocenters. The Morgan fingerprint density at radius 2 is 1.48 bits per heavy atom. The van der Waals surface area contributed by atoms with Crippen LogP contribution >= 0.6 is 0 Å². The van der Waals surface area contributed by atoms with Gasteiger partial charge in [0, 0.05) is 11.3 Å². The second-order valence-corrected chi connectivity index (χ2v) is 5.81. The molecule has 1 unspecified atom stereocenters. The zero-order valence-corrected chi connectivity index (χ0v) is 13.0. The van der Waals surface area contributed by atoms with Crippen molar-refractivity contribution in [2.24, 2.45) is 10.8 Å². The molecule has 0 N–H and O–H groups in total. The number of carbonyl (C=O) groups is 2. The van der Waals surface area contributed by atoms with Gasteiger partial charge in [-0.05, 0) is 19.4 Å². The number of ether oxygens (including phenoxy) is 2. The van der Waals surface area contributed by atoms with Gasteiger partial charge in [-0.15, -0.1) is 0 Å². The van der Waals surface area contributed by atoms with Crippen molar-refractivity contribution in [3.63, 3.8) is 0 Å². The van der Waals surface area contributed by atoms with Gasteiger partial charge >= 0.3 is 11.9 Å². The van der Waals surface area contributed by atoms with Crippen molar-refractivity contribution in [2.75, 3.05) is 13.2 Å². The van der Waals surface area contributed by atoms with Gasteiger partial charge < -0.3 is 9.47 Å². The van der Waals surface area contributed by atoms with E-state index in [0.29, 0.717) is 0 Å². The van der Waals surface area contributed by atoms with Gasteiger partial charge in [-0.3, -0.25) is 9.59 Å². The zero-order chi connectivity index (χ0) is 15.7. The topological polar surface area (TPSA) is 52.6 Å².